The van der Waals surface area contributed by atoms with Crippen molar-refractivity contribution in [3.8, 4) is 0 Å². The van der Waals surface area contributed by atoms with Crippen molar-refractivity contribution in [2.75, 3.05) is 5.32 Å². The highest BCUT2D eigenvalue weighted by Gasteiger charge is 2.06. The number of para-hydroxylation sites is 1. The van der Waals surface area contributed by atoms with Gasteiger partial charge in [-0.05, 0) is 30.0 Å². The predicted molar refractivity (Wildman–Crippen MR) is 75.7 cm³/mol. The SMILES string of the molecule is CCc1cccc(CC)c1NCc1ccn(C)n1. The predicted octanol–water partition coefficient (Wildman–Crippen LogP) is 3.16. The van der Waals surface area contributed by atoms with Crippen LogP contribution in [0.5, 0.6) is 0 Å². The Morgan fingerprint density at radius 2 is 1.78 bits per heavy atom. The average molecular weight is 243 g/mol. The van der Waals surface area contributed by atoms with Crippen molar-refractivity contribution in [2.24, 2.45) is 7.05 Å². The maximum absolute atomic E-state index is 4.39. The van der Waals surface area contributed by atoms with Gasteiger partial charge in [0.2, 0.25) is 0 Å². The fourth-order valence-corrected chi connectivity index (χ4v) is 2.21. The Labute approximate surface area is 109 Å². The minimum Gasteiger partial charge on any atom is -0.379 e. The van der Waals surface area contributed by atoms with Crippen LogP contribution in [0.1, 0.15) is 30.7 Å². The first-order valence-electron chi connectivity index (χ1n) is 6.57. The van der Waals surface area contributed by atoms with Gasteiger partial charge < -0.3 is 5.32 Å². The number of hydrogen-bond acceptors (Lipinski definition) is 2. The first-order chi connectivity index (χ1) is 8.74. The average Bonchev–Trinajstić information content (AvgIpc) is 2.81. The van der Waals surface area contributed by atoms with Gasteiger partial charge in [0.25, 0.3) is 0 Å². The number of aryl methyl sites for hydroxylation is 3. The molecular weight excluding hydrogens is 222 g/mol. The van der Waals surface area contributed by atoms with E-state index >= 15 is 0 Å². The Morgan fingerprint density at radius 3 is 2.28 bits per heavy atom. The molecule has 3 heteroatoms. The molecule has 1 heterocycles. The second-order valence-electron chi connectivity index (χ2n) is 4.49. The zero-order valence-electron chi connectivity index (χ0n) is 11.4. The van der Waals surface area contributed by atoms with Crippen LogP contribution < -0.4 is 5.32 Å². The smallest absolute Gasteiger partial charge is 0.0815 e. The van der Waals surface area contributed by atoms with Gasteiger partial charge in [-0.3, -0.25) is 4.68 Å². The van der Waals surface area contributed by atoms with E-state index in [4.69, 9.17) is 0 Å². The molecule has 0 saturated carbocycles. The van der Waals surface area contributed by atoms with Gasteiger partial charge in [0.15, 0.2) is 0 Å². The minimum atomic E-state index is 0.783. The highest BCUT2D eigenvalue weighted by molar-refractivity contribution is 5.57. The van der Waals surface area contributed by atoms with Crippen LogP contribution in [0.3, 0.4) is 0 Å². The molecule has 0 aliphatic heterocycles. The van der Waals surface area contributed by atoms with Crippen molar-refractivity contribution >= 4 is 5.69 Å². The number of hydrogen-bond donors (Lipinski definition) is 1. The van der Waals surface area contributed by atoms with Crippen LogP contribution in [-0.2, 0) is 26.4 Å². The Kier molecular flexibility index (Phi) is 4.03. The Bertz CT molecular complexity index is 492. The highest BCUT2D eigenvalue weighted by atomic mass is 15.3. The third-order valence-corrected chi connectivity index (χ3v) is 3.21. The van der Waals surface area contributed by atoms with Crippen LogP contribution in [0.25, 0.3) is 0 Å². The van der Waals surface area contributed by atoms with Crippen molar-refractivity contribution in [3.63, 3.8) is 0 Å². The molecule has 0 amide bonds. The third kappa shape index (κ3) is 2.73. The lowest BCUT2D eigenvalue weighted by Crippen LogP contribution is -2.06. The number of nitrogens with one attached hydrogen (secondary N) is 1. The lowest BCUT2D eigenvalue weighted by atomic mass is 10.0. The second kappa shape index (κ2) is 5.71. The first kappa shape index (κ1) is 12.7. The molecule has 0 aliphatic carbocycles. The van der Waals surface area contributed by atoms with E-state index in [1.807, 2.05) is 24.0 Å². The van der Waals surface area contributed by atoms with Crippen LogP contribution in [0.2, 0.25) is 0 Å². The minimum absolute atomic E-state index is 0.783. The van der Waals surface area contributed by atoms with Crippen LogP contribution in [-0.4, -0.2) is 9.78 Å². The largest absolute Gasteiger partial charge is 0.379 e. The summed E-state index contributed by atoms with van der Waals surface area (Å²) in [5, 5.41) is 7.93. The zero-order chi connectivity index (χ0) is 13.0. The molecule has 1 aromatic carbocycles. The quantitative estimate of drug-likeness (QED) is 0.874. The number of nitrogens with zero attached hydrogens (tertiary/aromatic N) is 2. The van der Waals surface area contributed by atoms with Crippen molar-refractivity contribution in [1.82, 2.24) is 9.78 Å². The summed E-state index contributed by atoms with van der Waals surface area (Å²) in [6.07, 6.45) is 4.08. The molecular formula is C15H21N3. The van der Waals surface area contributed by atoms with E-state index in [1.165, 1.54) is 16.8 Å². The molecule has 1 aromatic heterocycles. The lowest BCUT2D eigenvalue weighted by Gasteiger charge is -2.14. The number of aromatic nitrogens is 2. The summed E-state index contributed by atoms with van der Waals surface area (Å²) in [5.74, 6) is 0. The fraction of sp³-hybridized carbons (Fsp3) is 0.400. The maximum atomic E-state index is 4.39. The van der Waals surface area contributed by atoms with Crippen molar-refractivity contribution < 1.29 is 0 Å². The molecule has 2 aromatic rings. The third-order valence-electron chi connectivity index (χ3n) is 3.21. The Morgan fingerprint density at radius 1 is 1.11 bits per heavy atom. The standard InChI is InChI=1S/C15H21N3/c1-4-12-7-6-8-13(5-2)15(12)16-11-14-9-10-18(3)17-14/h6-10,16H,4-5,11H2,1-3H3. The Balaban J connectivity index is 2.17. The normalized spacial score (nSPS) is 10.6. The van der Waals surface area contributed by atoms with E-state index in [2.05, 4.69) is 42.5 Å². The van der Waals surface area contributed by atoms with E-state index in [9.17, 15) is 0 Å². The summed E-state index contributed by atoms with van der Waals surface area (Å²) >= 11 is 0. The molecule has 2 rings (SSSR count). The van der Waals surface area contributed by atoms with Gasteiger partial charge in [0, 0.05) is 18.9 Å². The van der Waals surface area contributed by atoms with Crippen molar-refractivity contribution in [3.05, 3.63) is 47.3 Å². The molecule has 0 unspecified atom stereocenters. The summed E-state index contributed by atoms with van der Waals surface area (Å²) in [4.78, 5) is 0. The van der Waals surface area contributed by atoms with Gasteiger partial charge in [-0.1, -0.05) is 32.0 Å². The molecule has 0 fully saturated rings. The van der Waals surface area contributed by atoms with Crippen molar-refractivity contribution in [1.29, 1.82) is 0 Å². The summed E-state index contributed by atoms with van der Waals surface area (Å²) in [7, 11) is 1.95. The molecule has 0 saturated heterocycles. The number of benzene rings is 1. The molecule has 0 spiro atoms. The van der Waals surface area contributed by atoms with Gasteiger partial charge in [0.1, 0.15) is 0 Å². The summed E-state index contributed by atoms with van der Waals surface area (Å²) in [6, 6.07) is 8.58. The monoisotopic (exact) mass is 243 g/mol. The molecule has 0 aliphatic rings. The maximum Gasteiger partial charge on any atom is 0.0815 e. The van der Waals surface area contributed by atoms with Gasteiger partial charge in [-0.2, -0.15) is 5.10 Å². The van der Waals surface area contributed by atoms with E-state index in [0.29, 0.717) is 0 Å². The summed E-state index contributed by atoms with van der Waals surface area (Å²) in [6.45, 7) is 5.17. The molecule has 18 heavy (non-hydrogen) atoms. The van der Waals surface area contributed by atoms with Crippen LogP contribution in [0, 0.1) is 0 Å². The van der Waals surface area contributed by atoms with Crippen LogP contribution in [0.15, 0.2) is 30.5 Å². The van der Waals surface area contributed by atoms with Gasteiger partial charge >= 0.3 is 0 Å². The van der Waals surface area contributed by atoms with E-state index in [-0.39, 0.29) is 0 Å². The van der Waals surface area contributed by atoms with Gasteiger partial charge in [-0.25, -0.2) is 0 Å². The number of rotatable bonds is 5. The molecule has 0 bridgehead atoms. The van der Waals surface area contributed by atoms with E-state index in [1.54, 1.807) is 0 Å². The van der Waals surface area contributed by atoms with Gasteiger partial charge in [-0.15, -0.1) is 0 Å². The highest BCUT2D eigenvalue weighted by Crippen LogP contribution is 2.23. The van der Waals surface area contributed by atoms with E-state index in [0.717, 1.165) is 25.1 Å². The lowest BCUT2D eigenvalue weighted by molar-refractivity contribution is 0.747. The molecule has 1 N–H and O–H groups in total. The molecule has 0 radical (unpaired) electrons. The topological polar surface area (TPSA) is 29.9 Å². The number of anilines is 1. The molecule has 3 nitrogen and oxygen atoms in total. The van der Waals surface area contributed by atoms with Crippen LogP contribution >= 0.6 is 0 Å². The van der Waals surface area contributed by atoms with Crippen molar-refractivity contribution in [2.45, 2.75) is 33.2 Å². The first-order valence-corrected chi connectivity index (χ1v) is 6.57. The molecule has 0 atom stereocenters. The van der Waals surface area contributed by atoms with Gasteiger partial charge in [0.05, 0.1) is 12.2 Å². The summed E-state index contributed by atoms with van der Waals surface area (Å²) in [5.41, 5.74) is 5.12. The van der Waals surface area contributed by atoms with Crippen LogP contribution in [0.4, 0.5) is 5.69 Å². The zero-order valence-corrected chi connectivity index (χ0v) is 11.4. The molecule has 96 valence electrons. The summed E-state index contributed by atoms with van der Waals surface area (Å²) < 4.78 is 1.84. The van der Waals surface area contributed by atoms with E-state index < -0.39 is 0 Å². The Hall–Kier alpha value is -1.77. The second-order valence-corrected chi connectivity index (χ2v) is 4.49. The fourth-order valence-electron chi connectivity index (χ4n) is 2.21.